The molecule has 0 bridgehead atoms. The van der Waals surface area contributed by atoms with E-state index in [4.69, 9.17) is 4.74 Å². The van der Waals surface area contributed by atoms with Crippen LogP contribution in [-0.4, -0.2) is 18.4 Å². The van der Waals surface area contributed by atoms with Crippen LogP contribution in [0.5, 0.6) is 5.75 Å². The second kappa shape index (κ2) is 7.82. The Kier molecular flexibility index (Phi) is 5.81. The molecule has 1 fully saturated rings. The van der Waals surface area contributed by atoms with Crippen molar-refractivity contribution >= 4 is 11.8 Å². The van der Waals surface area contributed by atoms with E-state index in [9.17, 15) is 9.59 Å². The highest BCUT2D eigenvalue weighted by atomic mass is 16.5. The van der Waals surface area contributed by atoms with Crippen LogP contribution in [0.2, 0.25) is 0 Å². The van der Waals surface area contributed by atoms with E-state index in [1.165, 1.54) is 12.8 Å². The Balaban J connectivity index is 1.69. The number of carbonyl (C=O) groups excluding carboxylic acids is 2. The maximum absolute atomic E-state index is 11.7. The average Bonchev–Trinajstić information content (AvgIpc) is 2.99. The van der Waals surface area contributed by atoms with Gasteiger partial charge in [0.2, 0.25) is 5.91 Å². The van der Waals surface area contributed by atoms with Gasteiger partial charge in [-0.05, 0) is 49.8 Å². The van der Waals surface area contributed by atoms with Gasteiger partial charge in [0.25, 0.3) is 5.91 Å². The number of ether oxygens (including phenoxy) is 1. The third kappa shape index (κ3) is 5.06. The van der Waals surface area contributed by atoms with Crippen molar-refractivity contribution in [3.63, 3.8) is 0 Å². The summed E-state index contributed by atoms with van der Waals surface area (Å²) in [6.07, 6.45) is 5.11. The molecule has 0 aromatic heterocycles. The summed E-state index contributed by atoms with van der Waals surface area (Å²) >= 11 is 0. The Labute approximate surface area is 131 Å². The summed E-state index contributed by atoms with van der Waals surface area (Å²) in [6.45, 7) is 3.78. The average molecular weight is 304 g/mol. The van der Waals surface area contributed by atoms with Crippen molar-refractivity contribution in [3.8, 4) is 5.75 Å². The lowest BCUT2D eigenvalue weighted by Gasteiger charge is -2.12. The van der Waals surface area contributed by atoms with Gasteiger partial charge >= 0.3 is 0 Å². The Morgan fingerprint density at radius 1 is 1.14 bits per heavy atom. The molecule has 0 unspecified atom stereocenters. The number of amides is 2. The minimum absolute atomic E-state index is 0.117. The van der Waals surface area contributed by atoms with Crippen LogP contribution in [0.25, 0.3) is 0 Å². The second-order valence-electron chi connectivity index (χ2n) is 6.01. The van der Waals surface area contributed by atoms with Crippen molar-refractivity contribution in [1.29, 1.82) is 0 Å². The normalized spacial score (nSPS) is 14.6. The maximum atomic E-state index is 11.7. The molecule has 0 atom stereocenters. The van der Waals surface area contributed by atoms with Crippen LogP contribution in [0.3, 0.4) is 0 Å². The van der Waals surface area contributed by atoms with Crippen LogP contribution in [0.4, 0.5) is 0 Å². The first kappa shape index (κ1) is 16.3. The molecule has 1 aliphatic rings. The number of hydrogen-bond acceptors (Lipinski definition) is 3. The van der Waals surface area contributed by atoms with E-state index in [2.05, 4.69) is 10.9 Å². The summed E-state index contributed by atoms with van der Waals surface area (Å²) in [5.41, 5.74) is 6.90. The van der Waals surface area contributed by atoms with Gasteiger partial charge in [-0.2, -0.15) is 0 Å². The van der Waals surface area contributed by atoms with Gasteiger partial charge in [-0.1, -0.05) is 25.0 Å². The molecule has 5 nitrogen and oxygen atoms in total. The van der Waals surface area contributed by atoms with Crippen LogP contribution >= 0.6 is 0 Å². The molecule has 120 valence electrons. The molecule has 0 spiro atoms. The third-order valence-electron chi connectivity index (χ3n) is 3.99. The Bertz CT molecular complexity index is 537. The lowest BCUT2D eigenvalue weighted by molar-refractivity contribution is -0.130. The van der Waals surface area contributed by atoms with Gasteiger partial charge in [-0.25, -0.2) is 0 Å². The molecule has 5 heteroatoms. The number of nitrogens with one attached hydrogen (secondary N) is 2. The molecule has 2 N–H and O–H groups in total. The van der Waals surface area contributed by atoms with Gasteiger partial charge in [0.15, 0.2) is 6.61 Å². The predicted molar refractivity (Wildman–Crippen MR) is 84.3 cm³/mol. The predicted octanol–water partition coefficient (Wildman–Crippen LogP) is 2.41. The first-order valence-corrected chi connectivity index (χ1v) is 7.82. The fourth-order valence-corrected chi connectivity index (χ4v) is 2.71. The monoisotopic (exact) mass is 304 g/mol. The topological polar surface area (TPSA) is 67.4 Å². The Morgan fingerprint density at radius 3 is 2.55 bits per heavy atom. The minimum Gasteiger partial charge on any atom is -0.483 e. The third-order valence-corrected chi connectivity index (χ3v) is 3.99. The van der Waals surface area contributed by atoms with Crippen molar-refractivity contribution < 1.29 is 14.3 Å². The summed E-state index contributed by atoms with van der Waals surface area (Å²) in [5, 5.41) is 0. The van der Waals surface area contributed by atoms with E-state index >= 15 is 0 Å². The van der Waals surface area contributed by atoms with Gasteiger partial charge in [-0.15, -0.1) is 0 Å². The molecule has 22 heavy (non-hydrogen) atoms. The summed E-state index contributed by atoms with van der Waals surface area (Å²) < 4.78 is 5.48. The van der Waals surface area contributed by atoms with Crippen LogP contribution < -0.4 is 15.6 Å². The molecule has 1 saturated carbocycles. The van der Waals surface area contributed by atoms with E-state index in [0.717, 1.165) is 24.0 Å². The molecular weight excluding hydrogens is 280 g/mol. The highest BCUT2D eigenvalue weighted by Crippen LogP contribution is 2.27. The fourth-order valence-electron chi connectivity index (χ4n) is 2.71. The quantitative estimate of drug-likeness (QED) is 0.821. The number of benzene rings is 1. The van der Waals surface area contributed by atoms with Gasteiger partial charge in [0.1, 0.15) is 5.75 Å². The van der Waals surface area contributed by atoms with Crippen molar-refractivity contribution in [1.82, 2.24) is 10.9 Å². The van der Waals surface area contributed by atoms with E-state index < -0.39 is 0 Å². The van der Waals surface area contributed by atoms with Crippen molar-refractivity contribution in [2.75, 3.05) is 6.61 Å². The minimum atomic E-state index is -0.360. The molecule has 1 aliphatic carbocycles. The number of hydrazine groups is 1. The van der Waals surface area contributed by atoms with Crippen LogP contribution in [0.1, 0.15) is 43.2 Å². The molecule has 1 aromatic rings. The zero-order valence-corrected chi connectivity index (χ0v) is 13.3. The lowest BCUT2D eigenvalue weighted by atomic mass is 10.0. The highest BCUT2D eigenvalue weighted by molar-refractivity contribution is 5.82. The molecule has 2 amide bonds. The zero-order chi connectivity index (χ0) is 15.9. The molecule has 0 heterocycles. The zero-order valence-electron chi connectivity index (χ0n) is 13.3. The number of hydrogen-bond donors (Lipinski definition) is 2. The summed E-state index contributed by atoms with van der Waals surface area (Å²) in [4.78, 5) is 23.4. The van der Waals surface area contributed by atoms with Gasteiger partial charge in [0, 0.05) is 6.42 Å². The van der Waals surface area contributed by atoms with E-state index in [0.29, 0.717) is 18.1 Å². The first-order chi connectivity index (χ1) is 10.5. The van der Waals surface area contributed by atoms with E-state index in [-0.39, 0.29) is 18.4 Å². The van der Waals surface area contributed by atoms with Crippen LogP contribution in [0, 0.1) is 19.8 Å². The standard InChI is InChI=1S/C17H24N2O3/c1-12-7-8-13(2)15(9-12)22-11-17(21)19-18-16(20)10-14-5-3-4-6-14/h7-9,14H,3-6,10-11H2,1-2H3,(H,18,20)(H,19,21). The molecule has 2 rings (SSSR count). The maximum Gasteiger partial charge on any atom is 0.276 e. The summed E-state index contributed by atoms with van der Waals surface area (Å²) in [7, 11) is 0. The molecule has 0 aliphatic heterocycles. The highest BCUT2D eigenvalue weighted by Gasteiger charge is 2.18. The molecule has 0 saturated heterocycles. The summed E-state index contributed by atoms with van der Waals surface area (Å²) in [5.74, 6) is 0.656. The Hall–Kier alpha value is -2.04. The largest absolute Gasteiger partial charge is 0.483 e. The SMILES string of the molecule is Cc1ccc(C)c(OCC(=O)NNC(=O)CC2CCCC2)c1. The second-order valence-corrected chi connectivity index (χ2v) is 6.01. The molecule has 0 radical (unpaired) electrons. The van der Waals surface area contributed by atoms with Crippen LogP contribution in [-0.2, 0) is 9.59 Å². The van der Waals surface area contributed by atoms with Gasteiger partial charge in [0.05, 0.1) is 0 Å². The molecule has 1 aromatic carbocycles. The van der Waals surface area contributed by atoms with Crippen molar-refractivity contribution in [2.24, 2.45) is 5.92 Å². The molecular formula is C17H24N2O3. The number of aryl methyl sites for hydroxylation is 2. The van der Waals surface area contributed by atoms with Crippen molar-refractivity contribution in [3.05, 3.63) is 29.3 Å². The van der Waals surface area contributed by atoms with Gasteiger partial charge < -0.3 is 4.74 Å². The lowest BCUT2D eigenvalue weighted by Crippen LogP contribution is -2.44. The number of carbonyl (C=O) groups is 2. The van der Waals surface area contributed by atoms with E-state index in [1.54, 1.807) is 0 Å². The summed E-state index contributed by atoms with van der Waals surface area (Å²) in [6, 6.07) is 5.83. The smallest absolute Gasteiger partial charge is 0.276 e. The van der Waals surface area contributed by atoms with Crippen molar-refractivity contribution in [2.45, 2.75) is 46.0 Å². The van der Waals surface area contributed by atoms with Crippen LogP contribution in [0.15, 0.2) is 18.2 Å². The Morgan fingerprint density at radius 2 is 1.82 bits per heavy atom. The number of rotatable bonds is 5. The van der Waals surface area contributed by atoms with E-state index in [1.807, 2.05) is 32.0 Å². The fraction of sp³-hybridized carbons (Fsp3) is 0.529. The first-order valence-electron chi connectivity index (χ1n) is 7.82. The van der Waals surface area contributed by atoms with Gasteiger partial charge in [-0.3, -0.25) is 20.4 Å².